The van der Waals surface area contributed by atoms with Gasteiger partial charge in [-0.05, 0) is 83.1 Å². The van der Waals surface area contributed by atoms with Crippen molar-refractivity contribution in [2.75, 3.05) is 0 Å². The summed E-state index contributed by atoms with van der Waals surface area (Å²) in [6.45, 7) is 28.4. The Labute approximate surface area is 206 Å². The molecule has 1 aliphatic carbocycles. The Morgan fingerprint density at radius 2 is 0.833 bits per heavy atom. The first-order valence-electron chi connectivity index (χ1n) is 12.0. The van der Waals surface area contributed by atoms with Crippen molar-refractivity contribution in [3.05, 3.63) is 0 Å². The monoisotopic (exact) mass is 680 g/mol. The summed E-state index contributed by atoms with van der Waals surface area (Å²) >= 11 is -2.02. The Kier molecular flexibility index (Phi) is 21.4. The third-order valence-electron chi connectivity index (χ3n) is 5.60. The predicted molar refractivity (Wildman–Crippen MR) is 149 cm³/mol. The summed E-state index contributed by atoms with van der Waals surface area (Å²) in [4.78, 5) is 0. The second kappa shape index (κ2) is 19.0. The Morgan fingerprint density at radius 3 is 1.00 bits per heavy atom. The molecule has 1 fully saturated rings. The van der Waals surface area contributed by atoms with E-state index in [2.05, 4.69) is 86.4 Å². The van der Waals surface area contributed by atoms with Crippen LogP contribution in [0.15, 0.2) is 0 Å². The van der Waals surface area contributed by atoms with Crippen LogP contribution in [-0.4, -0.2) is 39.7 Å². The first-order chi connectivity index (χ1) is 13.7. The van der Waals surface area contributed by atoms with Crippen molar-refractivity contribution < 1.29 is 14.0 Å². The second-order valence-electron chi connectivity index (χ2n) is 10.3. The standard InChI is InChI=1S/2C9H21P.C6H10N.2ClH.Os/c2*1-7(2)10(8(3)4)9(5)6;7-6-4-2-1-3-5-6;;;/h2*7-9H,1-6H3;1-5H2;2*1H;/q;;-1;;;+4. The summed E-state index contributed by atoms with van der Waals surface area (Å²) in [6.07, 6.45) is 6.18. The molecule has 0 aromatic heterocycles. The van der Waals surface area contributed by atoms with Crippen LogP contribution < -0.4 is 3.32 Å². The van der Waals surface area contributed by atoms with Crippen molar-refractivity contribution in [1.29, 1.82) is 0 Å². The molecule has 0 radical (unpaired) electrons. The summed E-state index contributed by atoms with van der Waals surface area (Å²) in [5, 5.41) is 0. The molecule has 0 atom stereocenters. The van der Waals surface area contributed by atoms with Gasteiger partial charge in [0, 0.05) is 15.8 Å². The third kappa shape index (κ3) is 17.2. The molecular formula is C24H54Cl2NOsP2+3. The van der Waals surface area contributed by atoms with Gasteiger partial charge in [0.05, 0.1) is 34.0 Å². The Hall–Kier alpha value is 1.66. The first kappa shape index (κ1) is 33.8. The summed E-state index contributed by atoms with van der Waals surface area (Å²) < 4.78 is 4.26. The van der Waals surface area contributed by atoms with Gasteiger partial charge in [-0.2, -0.15) is 0 Å². The number of nitrogens with zero attached hydrogens (tertiary/aromatic N) is 1. The molecule has 0 amide bonds. The molecule has 0 unspecified atom stereocenters. The van der Waals surface area contributed by atoms with E-state index >= 15 is 0 Å². The molecule has 1 aliphatic rings. The minimum absolute atomic E-state index is 0.0957. The summed E-state index contributed by atoms with van der Waals surface area (Å²) in [6, 6.07) is 0. The van der Waals surface area contributed by atoms with Crippen LogP contribution in [0.3, 0.4) is 0 Å². The zero-order valence-corrected chi connectivity index (χ0v) is 28.1. The molecule has 0 N–H and O–H groups in total. The van der Waals surface area contributed by atoms with Crippen molar-refractivity contribution in [1.82, 2.24) is 3.32 Å². The number of rotatable bonds is 6. The van der Waals surface area contributed by atoms with E-state index in [0.717, 1.165) is 46.8 Å². The zero-order chi connectivity index (χ0) is 24.0. The van der Waals surface area contributed by atoms with E-state index in [1.54, 1.807) is 0 Å². The third-order valence-corrected chi connectivity index (χ3v) is 15.8. The summed E-state index contributed by atoms with van der Waals surface area (Å²) in [5.41, 5.74) is 6.88. The summed E-state index contributed by atoms with van der Waals surface area (Å²) in [5.74, 6) is 0. The molecule has 1 rings (SSSR count). The SMILES string of the molecule is CC(C)[PH+](C(C)C)C(C)C.CC(C)[PH+](C(C)C)C(C)C.[Cl][Os]([Cl])=[N+]=C1CCCCC1. The average molecular weight is 680 g/mol. The van der Waals surface area contributed by atoms with Gasteiger partial charge in [0.1, 0.15) is 0 Å². The van der Waals surface area contributed by atoms with E-state index in [9.17, 15) is 0 Å². The van der Waals surface area contributed by atoms with Gasteiger partial charge >= 0.3 is 74.4 Å². The van der Waals surface area contributed by atoms with Crippen LogP contribution >= 0.6 is 35.1 Å². The van der Waals surface area contributed by atoms with E-state index in [-0.39, 0.29) is 15.8 Å². The summed E-state index contributed by atoms with van der Waals surface area (Å²) in [7, 11) is 11.1. The first-order valence-corrected chi connectivity index (χ1v) is 22.9. The normalized spacial score (nSPS) is 15.1. The van der Waals surface area contributed by atoms with Gasteiger partial charge in [0.2, 0.25) is 0 Å². The molecular weight excluding hydrogens is 625 g/mol. The fraction of sp³-hybridized carbons (Fsp3) is 0.958. The molecule has 0 aliphatic heterocycles. The molecule has 1 nitrogen and oxygen atoms in total. The number of hydrogen-bond donors (Lipinski definition) is 0. The molecule has 6 heteroatoms. The number of hydrogen-bond acceptors (Lipinski definition) is 0. The van der Waals surface area contributed by atoms with E-state index in [1.165, 1.54) is 25.0 Å². The van der Waals surface area contributed by atoms with Crippen LogP contribution in [0, 0.1) is 0 Å². The molecule has 0 aromatic carbocycles. The molecule has 0 heterocycles. The van der Waals surface area contributed by atoms with Crippen LogP contribution in [-0.2, 0) is 14.0 Å². The quantitative estimate of drug-likeness (QED) is 0.196. The Morgan fingerprint density at radius 1 is 0.567 bits per heavy atom. The molecule has 1 saturated carbocycles. The zero-order valence-electron chi connectivity index (χ0n) is 22.1. The fourth-order valence-corrected chi connectivity index (χ4v) is 15.7. The van der Waals surface area contributed by atoms with Crippen LogP contribution in [0.1, 0.15) is 115 Å². The predicted octanol–water partition coefficient (Wildman–Crippen LogP) is 9.42. The van der Waals surface area contributed by atoms with Gasteiger partial charge in [0.15, 0.2) is 0 Å². The van der Waals surface area contributed by atoms with E-state index in [4.69, 9.17) is 19.3 Å². The van der Waals surface area contributed by atoms with E-state index in [1.807, 2.05) is 0 Å². The second-order valence-corrected chi connectivity index (χ2v) is 26.3. The van der Waals surface area contributed by atoms with Crippen LogP contribution in [0.25, 0.3) is 0 Å². The molecule has 0 bridgehead atoms. The Balaban J connectivity index is 0. The molecule has 0 aromatic rings. The minimum atomic E-state index is -2.02. The molecule has 184 valence electrons. The van der Waals surface area contributed by atoms with E-state index < -0.39 is 14.0 Å². The topological polar surface area (TPSA) is 14.1 Å². The molecule has 0 saturated heterocycles. The van der Waals surface area contributed by atoms with Gasteiger partial charge in [-0.1, -0.05) is 0 Å². The van der Waals surface area contributed by atoms with Crippen molar-refractivity contribution in [3.63, 3.8) is 0 Å². The van der Waals surface area contributed by atoms with Crippen LogP contribution in [0.2, 0.25) is 0 Å². The van der Waals surface area contributed by atoms with Crippen LogP contribution in [0.5, 0.6) is 0 Å². The van der Waals surface area contributed by atoms with Gasteiger partial charge in [-0.15, -0.1) is 0 Å². The number of halogens is 2. The van der Waals surface area contributed by atoms with Crippen molar-refractivity contribution >= 4 is 40.8 Å². The van der Waals surface area contributed by atoms with Crippen molar-refractivity contribution in [3.8, 4) is 0 Å². The van der Waals surface area contributed by atoms with Crippen molar-refractivity contribution in [2.24, 2.45) is 0 Å². The molecule has 0 spiro atoms. The van der Waals surface area contributed by atoms with E-state index in [0.29, 0.717) is 0 Å². The van der Waals surface area contributed by atoms with Gasteiger partial charge < -0.3 is 0 Å². The van der Waals surface area contributed by atoms with Gasteiger partial charge in [-0.3, -0.25) is 0 Å². The van der Waals surface area contributed by atoms with Gasteiger partial charge in [-0.25, -0.2) is 0 Å². The van der Waals surface area contributed by atoms with Crippen LogP contribution in [0.4, 0.5) is 0 Å². The maximum atomic E-state index is 5.66. The fourth-order valence-electron chi connectivity index (χ4n) is 5.12. The molecule has 30 heavy (non-hydrogen) atoms. The Bertz CT molecular complexity index is 425. The van der Waals surface area contributed by atoms with Crippen molar-refractivity contribution in [2.45, 2.75) is 149 Å². The average Bonchev–Trinajstić information content (AvgIpc) is 2.53. The maximum absolute atomic E-state index is 5.66. The van der Waals surface area contributed by atoms with Gasteiger partial charge in [0.25, 0.3) is 0 Å².